The molecule has 0 bridgehead atoms. The molecule has 0 aliphatic heterocycles. The SMILES string of the molecule is CCCCC/C=C/C(C)CCCCCCCCCCCC(=O)O. The minimum atomic E-state index is -0.657. The topological polar surface area (TPSA) is 37.3 Å². The predicted octanol–water partition coefficient (Wildman–Crippen LogP) is 7.13. The number of aliphatic carboxylic acids is 1. The fourth-order valence-corrected chi connectivity index (χ4v) is 2.92. The predicted molar refractivity (Wildman–Crippen MR) is 101 cm³/mol. The van der Waals surface area contributed by atoms with Gasteiger partial charge in [0, 0.05) is 6.42 Å². The number of unbranched alkanes of at least 4 members (excludes halogenated alkanes) is 11. The van der Waals surface area contributed by atoms with Crippen LogP contribution in [0.25, 0.3) is 0 Å². The van der Waals surface area contributed by atoms with Crippen LogP contribution in [0.1, 0.15) is 110 Å². The molecule has 23 heavy (non-hydrogen) atoms. The van der Waals surface area contributed by atoms with Gasteiger partial charge in [-0.1, -0.05) is 90.2 Å². The van der Waals surface area contributed by atoms with Gasteiger partial charge in [-0.25, -0.2) is 0 Å². The number of hydrogen-bond donors (Lipinski definition) is 1. The van der Waals surface area contributed by atoms with Gasteiger partial charge in [-0.2, -0.15) is 0 Å². The third kappa shape index (κ3) is 19.2. The first-order valence-corrected chi connectivity index (χ1v) is 10.0. The molecule has 0 aromatic rings. The van der Waals surface area contributed by atoms with E-state index in [1.165, 1.54) is 77.0 Å². The summed E-state index contributed by atoms with van der Waals surface area (Å²) >= 11 is 0. The van der Waals surface area contributed by atoms with Gasteiger partial charge in [0.15, 0.2) is 0 Å². The largest absolute Gasteiger partial charge is 0.481 e. The first-order chi connectivity index (χ1) is 11.2. The van der Waals surface area contributed by atoms with E-state index in [-0.39, 0.29) is 0 Å². The molecular weight excluding hydrogens is 284 g/mol. The van der Waals surface area contributed by atoms with Crippen molar-refractivity contribution in [2.45, 2.75) is 110 Å². The Bertz CT molecular complexity index is 284. The minimum Gasteiger partial charge on any atom is -0.481 e. The van der Waals surface area contributed by atoms with Crippen LogP contribution in [0.15, 0.2) is 12.2 Å². The summed E-state index contributed by atoms with van der Waals surface area (Å²) in [5, 5.41) is 8.55. The lowest BCUT2D eigenvalue weighted by Crippen LogP contribution is -1.93. The summed E-state index contributed by atoms with van der Waals surface area (Å²) in [6.45, 7) is 4.60. The van der Waals surface area contributed by atoms with Crippen molar-refractivity contribution in [3.63, 3.8) is 0 Å². The Hall–Kier alpha value is -0.790. The second-order valence-corrected chi connectivity index (χ2v) is 7.02. The number of allylic oxidation sites excluding steroid dienone is 2. The molecule has 1 unspecified atom stereocenters. The maximum Gasteiger partial charge on any atom is 0.303 e. The molecule has 2 heteroatoms. The molecule has 0 aliphatic carbocycles. The quantitative estimate of drug-likeness (QED) is 0.228. The van der Waals surface area contributed by atoms with E-state index < -0.39 is 5.97 Å². The Morgan fingerprint density at radius 2 is 1.43 bits per heavy atom. The highest BCUT2D eigenvalue weighted by molar-refractivity contribution is 5.66. The minimum absolute atomic E-state index is 0.339. The zero-order valence-electron chi connectivity index (χ0n) is 15.7. The van der Waals surface area contributed by atoms with Gasteiger partial charge >= 0.3 is 5.97 Å². The van der Waals surface area contributed by atoms with Gasteiger partial charge in [0.1, 0.15) is 0 Å². The third-order valence-corrected chi connectivity index (χ3v) is 4.49. The van der Waals surface area contributed by atoms with Crippen molar-refractivity contribution in [3.05, 3.63) is 12.2 Å². The maximum atomic E-state index is 10.4. The van der Waals surface area contributed by atoms with Gasteiger partial charge in [-0.15, -0.1) is 0 Å². The van der Waals surface area contributed by atoms with Crippen molar-refractivity contribution < 1.29 is 9.90 Å². The monoisotopic (exact) mass is 324 g/mol. The fraction of sp³-hybridized carbons (Fsp3) is 0.857. The number of rotatable bonds is 17. The lowest BCUT2D eigenvalue weighted by Gasteiger charge is -2.06. The smallest absolute Gasteiger partial charge is 0.303 e. The van der Waals surface area contributed by atoms with E-state index in [1.54, 1.807) is 0 Å². The average molecular weight is 325 g/mol. The van der Waals surface area contributed by atoms with Gasteiger partial charge in [-0.3, -0.25) is 4.79 Å². The van der Waals surface area contributed by atoms with Crippen molar-refractivity contribution in [3.8, 4) is 0 Å². The number of carboxylic acids is 1. The van der Waals surface area contributed by atoms with E-state index in [4.69, 9.17) is 5.11 Å². The van der Waals surface area contributed by atoms with Gasteiger partial charge in [0.2, 0.25) is 0 Å². The zero-order valence-corrected chi connectivity index (χ0v) is 15.7. The molecule has 0 saturated carbocycles. The first-order valence-electron chi connectivity index (χ1n) is 10.0. The summed E-state index contributed by atoms with van der Waals surface area (Å²) < 4.78 is 0. The molecule has 2 nitrogen and oxygen atoms in total. The van der Waals surface area contributed by atoms with Gasteiger partial charge in [-0.05, 0) is 31.6 Å². The Balaban J connectivity index is 3.21. The lowest BCUT2D eigenvalue weighted by molar-refractivity contribution is -0.137. The molecule has 0 rings (SSSR count). The molecule has 0 radical (unpaired) electrons. The average Bonchev–Trinajstić information content (AvgIpc) is 2.52. The van der Waals surface area contributed by atoms with Gasteiger partial charge in [0.25, 0.3) is 0 Å². The summed E-state index contributed by atoms with van der Waals surface area (Å²) in [6.07, 6.45) is 22.9. The Kier molecular flexibility index (Phi) is 17.0. The molecular formula is C21H40O2. The summed E-state index contributed by atoms with van der Waals surface area (Å²) in [6, 6.07) is 0. The molecule has 0 aromatic heterocycles. The van der Waals surface area contributed by atoms with Crippen LogP contribution in [-0.4, -0.2) is 11.1 Å². The van der Waals surface area contributed by atoms with E-state index in [2.05, 4.69) is 26.0 Å². The van der Waals surface area contributed by atoms with Crippen molar-refractivity contribution in [1.29, 1.82) is 0 Å². The standard InChI is InChI=1S/C21H40O2/c1-3-4-5-11-14-17-20(2)18-15-12-9-7-6-8-10-13-16-19-21(22)23/h14,17,20H,3-13,15-16,18-19H2,1-2H3,(H,22,23)/b17-14+. The molecule has 0 saturated heterocycles. The lowest BCUT2D eigenvalue weighted by atomic mass is 10.0. The Morgan fingerprint density at radius 3 is 2.00 bits per heavy atom. The van der Waals surface area contributed by atoms with E-state index in [9.17, 15) is 4.79 Å². The van der Waals surface area contributed by atoms with Crippen molar-refractivity contribution in [2.24, 2.45) is 5.92 Å². The molecule has 0 heterocycles. The molecule has 1 N–H and O–H groups in total. The Morgan fingerprint density at radius 1 is 0.870 bits per heavy atom. The third-order valence-electron chi connectivity index (χ3n) is 4.49. The highest BCUT2D eigenvalue weighted by Crippen LogP contribution is 2.15. The van der Waals surface area contributed by atoms with E-state index >= 15 is 0 Å². The maximum absolute atomic E-state index is 10.4. The van der Waals surface area contributed by atoms with Crippen LogP contribution in [0.3, 0.4) is 0 Å². The van der Waals surface area contributed by atoms with Crippen LogP contribution in [0.4, 0.5) is 0 Å². The van der Waals surface area contributed by atoms with Crippen LogP contribution in [-0.2, 0) is 4.79 Å². The van der Waals surface area contributed by atoms with E-state index in [1.807, 2.05) is 0 Å². The van der Waals surface area contributed by atoms with Crippen LogP contribution < -0.4 is 0 Å². The van der Waals surface area contributed by atoms with Crippen LogP contribution >= 0.6 is 0 Å². The van der Waals surface area contributed by atoms with Crippen molar-refractivity contribution >= 4 is 5.97 Å². The molecule has 136 valence electrons. The normalized spacial score (nSPS) is 12.8. The van der Waals surface area contributed by atoms with Gasteiger partial charge < -0.3 is 5.11 Å². The van der Waals surface area contributed by atoms with E-state index in [0.29, 0.717) is 6.42 Å². The number of carboxylic acid groups (broad SMARTS) is 1. The Labute approximate surface area is 144 Å². The second kappa shape index (κ2) is 17.6. The molecule has 0 spiro atoms. The van der Waals surface area contributed by atoms with Crippen LogP contribution in [0.5, 0.6) is 0 Å². The summed E-state index contributed by atoms with van der Waals surface area (Å²) in [5.41, 5.74) is 0. The first kappa shape index (κ1) is 22.2. The van der Waals surface area contributed by atoms with E-state index in [0.717, 1.165) is 18.8 Å². The van der Waals surface area contributed by atoms with Crippen LogP contribution in [0.2, 0.25) is 0 Å². The molecule has 0 amide bonds. The summed E-state index contributed by atoms with van der Waals surface area (Å²) in [4.78, 5) is 10.4. The number of hydrogen-bond acceptors (Lipinski definition) is 1. The molecule has 1 atom stereocenters. The zero-order chi connectivity index (χ0) is 17.2. The second-order valence-electron chi connectivity index (χ2n) is 7.02. The van der Waals surface area contributed by atoms with Crippen molar-refractivity contribution in [1.82, 2.24) is 0 Å². The molecule has 0 aromatic carbocycles. The highest BCUT2D eigenvalue weighted by atomic mass is 16.4. The highest BCUT2D eigenvalue weighted by Gasteiger charge is 1.98. The van der Waals surface area contributed by atoms with Crippen molar-refractivity contribution in [2.75, 3.05) is 0 Å². The fourth-order valence-electron chi connectivity index (χ4n) is 2.92. The van der Waals surface area contributed by atoms with Crippen LogP contribution in [0, 0.1) is 5.92 Å². The summed E-state index contributed by atoms with van der Waals surface area (Å²) in [7, 11) is 0. The molecule has 0 aliphatic rings. The molecule has 0 fully saturated rings. The number of carbonyl (C=O) groups is 1. The summed E-state index contributed by atoms with van der Waals surface area (Å²) in [5.74, 6) is 0.0842. The van der Waals surface area contributed by atoms with Gasteiger partial charge in [0.05, 0.1) is 0 Å².